The molecule has 1 aromatic heterocycles. The van der Waals surface area contributed by atoms with E-state index in [1.54, 1.807) is 0 Å². The molecule has 1 aliphatic rings. The summed E-state index contributed by atoms with van der Waals surface area (Å²) in [6.45, 7) is 2.41. The Morgan fingerprint density at radius 3 is 3.00 bits per heavy atom. The first kappa shape index (κ1) is 12.8. The first-order chi connectivity index (χ1) is 8.06. The minimum atomic E-state index is -0.419. The fourth-order valence-electron chi connectivity index (χ4n) is 1.86. The molecule has 4 nitrogen and oxygen atoms in total. The van der Waals surface area contributed by atoms with E-state index in [9.17, 15) is 9.90 Å². The number of β-amino-alcohol motifs (C(OH)–C–C–N with tert-alkyl or cyclic N) is 1. The van der Waals surface area contributed by atoms with Gasteiger partial charge in [0.2, 0.25) is 5.91 Å². The average molecular weight is 275 g/mol. The van der Waals surface area contributed by atoms with E-state index >= 15 is 0 Å². The Balaban J connectivity index is 1.90. The second kappa shape index (κ2) is 5.35. The maximum Gasteiger partial charge on any atom is 0.237 e. The van der Waals surface area contributed by atoms with Gasteiger partial charge in [-0.3, -0.25) is 4.79 Å². The Morgan fingerprint density at radius 1 is 1.71 bits per heavy atom. The minimum Gasteiger partial charge on any atom is -0.392 e. The van der Waals surface area contributed by atoms with Crippen LogP contribution in [0.15, 0.2) is 12.1 Å². The standard InChI is InChI=1S/C11H15ClN2O2S/c1-6(9-2-3-10(12)17-9)14-11(16)8-4-7(15)5-13-8/h2-3,6-8,13,15H,4-5H2,1H3,(H,14,16)/t6-,7-,8+/m0/s1. The van der Waals surface area contributed by atoms with Crippen LogP contribution in [0.3, 0.4) is 0 Å². The van der Waals surface area contributed by atoms with E-state index < -0.39 is 6.10 Å². The summed E-state index contributed by atoms with van der Waals surface area (Å²) in [5.41, 5.74) is 0. The lowest BCUT2D eigenvalue weighted by Gasteiger charge is -2.16. The van der Waals surface area contributed by atoms with Gasteiger partial charge in [0.05, 0.1) is 22.5 Å². The van der Waals surface area contributed by atoms with Crippen molar-refractivity contribution in [1.29, 1.82) is 0 Å². The molecule has 0 bridgehead atoms. The largest absolute Gasteiger partial charge is 0.392 e. The molecule has 0 saturated carbocycles. The number of rotatable bonds is 3. The predicted octanol–water partition coefficient (Wildman–Crippen LogP) is 1.30. The van der Waals surface area contributed by atoms with Gasteiger partial charge in [-0.05, 0) is 25.5 Å². The summed E-state index contributed by atoms with van der Waals surface area (Å²) in [6, 6.07) is 3.39. The number of carbonyl (C=O) groups is 1. The van der Waals surface area contributed by atoms with E-state index in [1.807, 2.05) is 19.1 Å². The van der Waals surface area contributed by atoms with Gasteiger partial charge >= 0.3 is 0 Å². The van der Waals surface area contributed by atoms with Crippen molar-refractivity contribution < 1.29 is 9.90 Å². The van der Waals surface area contributed by atoms with Gasteiger partial charge < -0.3 is 15.7 Å². The molecule has 2 rings (SSSR count). The van der Waals surface area contributed by atoms with Crippen molar-refractivity contribution >= 4 is 28.8 Å². The number of aliphatic hydroxyl groups is 1. The molecule has 1 saturated heterocycles. The molecule has 0 unspecified atom stereocenters. The Hall–Kier alpha value is -0.620. The molecule has 2 heterocycles. The van der Waals surface area contributed by atoms with Crippen molar-refractivity contribution in [2.24, 2.45) is 0 Å². The van der Waals surface area contributed by atoms with Crippen LogP contribution in [-0.2, 0) is 4.79 Å². The normalized spacial score (nSPS) is 25.8. The maximum atomic E-state index is 11.9. The molecular weight excluding hydrogens is 260 g/mol. The van der Waals surface area contributed by atoms with E-state index in [2.05, 4.69) is 10.6 Å². The lowest BCUT2D eigenvalue weighted by molar-refractivity contribution is -0.123. The first-order valence-corrected chi connectivity index (χ1v) is 6.73. The lowest BCUT2D eigenvalue weighted by atomic mass is 10.1. The summed E-state index contributed by atoms with van der Waals surface area (Å²) in [7, 11) is 0. The molecule has 3 N–H and O–H groups in total. The van der Waals surface area contributed by atoms with Gasteiger partial charge in [0.1, 0.15) is 0 Å². The molecule has 1 aromatic rings. The highest BCUT2D eigenvalue weighted by atomic mass is 35.5. The van der Waals surface area contributed by atoms with Gasteiger partial charge in [-0.2, -0.15) is 0 Å². The summed E-state index contributed by atoms with van der Waals surface area (Å²) in [5.74, 6) is -0.0708. The smallest absolute Gasteiger partial charge is 0.237 e. The summed E-state index contributed by atoms with van der Waals surface area (Å²) in [4.78, 5) is 12.9. The lowest BCUT2D eigenvalue weighted by Crippen LogP contribution is -2.41. The second-order valence-corrected chi connectivity index (χ2v) is 5.97. The van der Waals surface area contributed by atoms with Gasteiger partial charge in [-0.1, -0.05) is 11.6 Å². The third-order valence-corrected chi connectivity index (χ3v) is 4.22. The van der Waals surface area contributed by atoms with Crippen LogP contribution in [-0.4, -0.2) is 29.7 Å². The van der Waals surface area contributed by atoms with Crippen LogP contribution >= 0.6 is 22.9 Å². The van der Waals surface area contributed by atoms with E-state index in [4.69, 9.17) is 11.6 Å². The van der Waals surface area contributed by atoms with Crippen molar-refractivity contribution in [3.63, 3.8) is 0 Å². The Bertz CT molecular complexity index is 410. The number of nitrogens with one attached hydrogen (secondary N) is 2. The highest BCUT2D eigenvalue weighted by molar-refractivity contribution is 7.16. The number of amides is 1. The highest BCUT2D eigenvalue weighted by Crippen LogP contribution is 2.26. The van der Waals surface area contributed by atoms with Gasteiger partial charge in [-0.15, -0.1) is 11.3 Å². The second-order valence-electron chi connectivity index (χ2n) is 4.22. The zero-order chi connectivity index (χ0) is 12.4. The third kappa shape index (κ3) is 3.19. The average Bonchev–Trinajstić information content (AvgIpc) is 2.87. The van der Waals surface area contributed by atoms with Crippen molar-refractivity contribution in [3.05, 3.63) is 21.3 Å². The SMILES string of the molecule is C[C@H](NC(=O)[C@H]1C[C@H](O)CN1)c1ccc(Cl)s1. The van der Waals surface area contributed by atoms with Gasteiger partial charge in [0.15, 0.2) is 0 Å². The first-order valence-electron chi connectivity index (χ1n) is 5.53. The van der Waals surface area contributed by atoms with Crippen LogP contribution in [0.25, 0.3) is 0 Å². The third-order valence-electron chi connectivity index (χ3n) is 2.80. The predicted molar refractivity (Wildman–Crippen MR) is 68.3 cm³/mol. The zero-order valence-electron chi connectivity index (χ0n) is 9.44. The van der Waals surface area contributed by atoms with Gasteiger partial charge in [0, 0.05) is 11.4 Å². The summed E-state index contributed by atoms with van der Waals surface area (Å²) < 4.78 is 0.718. The van der Waals surface area contributed by atoms with E-state index in [1.165, 1.54) is 11.3 Å². The van der Waals surface area contributed by atoms with Crippen molar-refractivity contribution in [2.45, 2.75) is 31.5 Å². The van der Waals surface area contributed by atoms with E-state index in [0.29, 0.717) is 13.0 Å². The molecule has 6 heteroatoms. The van der Waals surface area contributed by atoms with Crippen molar-refractivity contribution in [3.8, 4) is 0 Å². The number of halogens is 1. The monoisotopic (exact) mass is 274 g/mol. The Labute approximate surface area is 109 Å². The molecule has 1 aliphatic heterocycles. The Morgan fingerprint density at radius 2 is 2.47 bits per heavy atom. The number of hydrogen-bond donors (Lipinski definition) is 3. The van der Waals surface area contributed by atoms with Gasteiger partial charge in [0.25, 0.3) is 0 Å². The quantitative estimate of drug-likeness (QED) is 0.779. The molecular formula is C11H15ClN2O2S. The number of thiophene rings is 1. The molecule has 1 amide bonds. The van der Waals surface area contributed by atoms with Crippen LogP contribution in [0.4, 0.5) is 0 Å². The zero-order valence-corrected chi connectivity index (χ0v) is 11.0. The minimum absolute atomic E-state index is 0.0560. The molecule has 3 atom stereocenters. The summed E-state index contributed by atoms with van der Waals surface area (Å²) in [5, 5.41) is 15.2. The fraction of sp³-hybridized carbons (Fsp3) is 0.545. The summed E-state index contributed by atoms with van der Waals surface area (Å²) in [6.07, 6.45) is 0.0567. The molecule has 17 heavy (non-hydrogen) atoms. The molecule has 0 aliphatic carbocycles. The van der Waals surface area contributed by atoms with Crippen LogP contribution in [0.2, 0.25) is 4.34 Å². The highest BCUT2D eigenvalue weighted by Gasteiger charge is 2.28. The van der Waals surface area contributed by atoms with Crippen LogP contribution in [0.1, 0.15) is 24.3 Å². The van der Waals surface area contributed by atoms with Crippen LogP contribution in [0, 0.1) is 0 Å². The fourth-order valence-corrected chi connectivity index (χ4v) is 2.93. The number of aliphatic hydroxyl groups excluding tert-OH is 1. The van der Waals surface area contributed by atoms with Crippen LogP contribution in [0.5, 0.6) is 0 Å². The molecule has 0 aromatic carbocycles. The maximum absolute atomic E-state index is 11.9. The molecule has 94 valence electrons. The van der Waals surface area contributed by atoms with Gasteiger partial charge in [-0.25, -0.2) is 0 Å². The molecule has 1 fully saturated rings. The molecule has 0 spiro atoms. The van der Waals surface area contributed by atoms with E-state index in [-0.39, 0.29) is 18.0 Å². The topological polar surface area (TPSA) is 61.4 Å². The molecule has 0 radical (unpaired) electrons. The number of hydrogen-bond acceptors (Lipinski definition) is 4. The van der Waals surface area contributed by atoms with Crippen molar-refractivity contribution in [1.82, 2.24) is 10.6 Å². The Kier molecular flexibility index (Phi) is 4.04. The van der Waals surface area contributed by atoms with E-state index in [0.717, 1.165) is 9.21 Å². The van der Waals surface area contributed by atoms with Crippen molar-refractivity contribution in [2.75, 3.05) is 6.54 Å². The number of carbonyl (C=O) groups excluding carboxylic acids is 1. The summed E-state index contributed by atoms with van der Waals surface area (Å²) >= 11 is 7.31. The van der Waals surface area contributed by atoms with Crippen LogP contribution < -0.4 is 10.6 Å².